The van der Waals surface area contributed by atoms with Crippen molar-refractivity contribution < 1.29 is 85.5 Å². The van der Waals surface area contributed by atoms with Crippen molar-refractivity contribution in [2.24, 2.45) is 0 Å². The predicted molar refractivity (Wildman–Crippen MR) is 343 cm³/mol. The van der Waals surface area contributed by atoms with Gasteiger partial charge in [-0.05, 0) is 86.4 Å². The first-order chi connectivity index (χ1) is 43.4. The monoisotopic (exact) mass is 1250 g/mol. The molecule has 0 spiro atoms. The van der Waals surface area contributed by atoms with Gasteiger partial charge in [-0.2, -0.15) is 0 Å². The van der Waals surface area contributed by atoms with Crippen molar-refractivity contribution in [2.45, 2.75) is 56.7 Å². The normalized spacial score (nSPS) is 12.7. The van der Waals surface area contributed by atoms with Gasteiger partial charge in [0, 0.05) is 27.8 Å². The number of hydrogen-bond acceptors (Lipinski definition) is 20. The fraction of sp³-hybridized carbons (Fsp3) is 0.420. The van der Waals surface area contributed by atoms with Crippen LogP contribution in [0.4, 0.5) is 0 Å². The molecule has 21 nitrogen and oxygen atoms in total. The number of carbonyl (C=O) groups excluding carboxylic acids is 4. The average molecular weight is 1250 g/mol. The lowest BCUT2D eigenvalue weighted by Gasteiger charge is -2.41. The van der Waals surface area contributed by atoms with E-state index in [4.69, 9.17) is 66.3 Å². The van der Waals surface area contributed by atoms with E-state index in [1.54, 1.807) is 43.3 Å². The molecular formula is C69H91N3O18. The lowest BCUT2D eigenvalue weighted by Crippen LogP contribution is -2.51. The van der Waals surface area contributed by atoms with E-state index in [9.17, 15) is 19.2 Å². The van der Waals surface area contributed by atoms with Crippen LogP contribution in [0.2, 0.25) is 0 Å². The summed E-state index contributed by atoms with van der Waals surface area (Å²) in [5.74, 6) is 1.80. The van der Waals surface area contributed by atoms with Crippen molar-refractivity contribution in [2.75, 3.05) is 139 Å². The SMILES string of the molecule is CC[C@@](COC(=O)c1cc(OC)c(OC)c(OC)c1)(c1ccccc1)N(C)C(=O)COC.CC[C@@](COC(=O)c1cc(OC)c(OC)c(OC)c1)(c1ccccc1)N(C)CCOC.CC[C@](COC(=O)c1cc(OC)c(OC)c(OC)c1)(NC)c1ccccc1. The van der Waals surface area contributed by atoms with Crippen LogP contribution in [-0.2, 0) is 45.1 Å². The molecule has 3 atom stereocenters. The Morgan fingerprint density at radius 1 is 0.411 bits per heavy atom. The number of nitrogens with one attached hydrogen (secondary N) is 1. The second-order valence-electron chi connectivity index (χ2n) is 20.3. The summed E-state index contributed by atoms with van der Waals surface area (Å²) in [6, 6.07) is 38.9. The average Bonchev–Trinajstić information content (AvgIpc) is 1.01. The highest BCUT2D eigenvalue weighted by atomic mass is 16.6. The predicted octanol–water partition coefficient (Wildman–Crippen LogP) is 10.4. The van der Waals surface area contributed by atoms with Gasteiger partial charge in [0.25, 0.3) is 0 Å². The van der Waals surface area contributed by atoms with Crippen LogP contribution in [0.5, 0.6) is 51.7 Å². The zero-order chi connectivity index (χ0) is 66.4. The van der Waals surface area contributed by atoms with Crippen LogP contribution in [0.3, 0.4) is 0 Å². The van der Waals surface area contributed by atoms with Crippen molar-refractivity contribution in [1.29, 1.82) is 0 Å². The third kappa shape index (κ3) is 18.0. The van der Waals surface area contributed by atoms with Crippen molar-refractivity contribution in [3.05, 3.63) is 161 Å². The number of rotatable bonds is 32. The van der Waals surface area contributed by atoms with Gasteiger partial charge < -0.3 is 76.5 Å². The third-order valence-corrected chi connectivity index (χ3v) is 15.9. The van der Waals surface area contributed by atoms with E-state index >= 15 is 0 Å². The van der Waals surface area contributed by atoms with Crippen molar-refractivity contribution in [1.82, 2.24) is 15.1 Å². The maximum atomic E-state index is 13.0. The molecule has 0 unspecified atom stereocenters. The number of hydrogen-bond donors (Lipinski definition) is 1. The highest BCUT2D eigenvalue weighted by Crippen LogP contribution is 2.42. The number of methoxy groups -OCH3 is 11. The Hall–Kier alpha value is -8.76. The molecule has 6 aromatic carbocycles. The van der Waals surface area contributed by atoms with Gasteiger partial charge >= 0.3 is 17.9 Å². The van der Waals surface area contributed by atoms with Crippen LogP contribution in [0, 0.1) is 0 Å². The Balaban J connectivity index is 0.000000289. The number of nitrogens with zero attached hydrogens (tertiary/aromatic N) is 2. The molecule has 1 N–H and O–H groups in total. The standard InChI is InChI=1S/C24H31NO7.C24H33NO6.C21H27NO5/c1-7-24(18-11-9-8-10-12-18,25(2)21(26)15-28-3)16-32-23(27)17-13-19(29-4)22(31-6)20(14-17)30-5;1-7-24(25(2)13-14-27-3,19-11-9-8-10-12-19)17-31-23(26)18-15-20(28-4)22(30-6)21(16-18)29-5;1-6-21(22-2,16-10-8-7-9-11-16)14-27-20(23)15-12-17(24-3)19(26-5)18(13-15)25-4/h8-14H,7,15-16H2,1-6H3;8-12,15-16H,7,13-14,17H2,1-6H3;7-13,22H,6,14H2,1-5H3/t2*24-;21-/m111/s1. The molecule has 0 saturated heterocycles. The van der Waals surface area contributed by atoms with Gasteiger partial charge in [0.2, 0.25) is 23.2 Å². The second-order valence-corrected chi connectivity index (χ2v) is 20.3. The zero-order valence-corrected chi connectivity index (χ0v) is 55.2. The van der Waals surface area contributed by atoms with E-state index in [1.165, 1.54) is 83.2 Å². The smallest absolute Gasteiger partial charge is 0.338 e. The summed E-state index contributed by atoms with van der Waals surface area (Å²) in [5.41, 5.74) is 2.07. The van der Waals surface area contributed by atoms with Crippen LogP contribution in [0.1, 0.15) is 87.8 Å². The maximum Gasteiger partial charge on any atom is 0.338 e. The topological polar surface area (TPSA) is 216 Å². The number of benzene rings is 6. The number of esters is 3. The fourth-order valence-corrected chi connectivity index (χ4v) is 10.3. The van der Waals surface area contributed by atoms with E-state index in [2.05, 4.69) is 36.2 Å². The molecule has 0 heterocycles. The summed E-state index contributed by atoms with van der Waals surface area (Å²) in [7, 11) is 22.2. The summed E-state index contributed by atoms with van der Waals surface area (Å²) < 4.78 is 75.4. The molecule has 0 aromatic heterocycles. The molecule has 0 radical (unpaired) electrons. The van der Waals surface area contributed by atoms with E-state index < -0.39 is 34.5 Å². The first kappa shape index (κ1) is 73.7. The summed E-state index contributed by atoms with van der Waals surface area (Å²) in [6.45, 7) is 7.60. The molecule has 6 aromatic rings. The second kappa shape index (κ2) is 36.7. The Labute approximate surface area is 530 Å². The Morgan fingerprint density at radius 2 is 0.733 bits per heavy atom. The quantitative estimate of drug-likeness (QED) is 0.0307. The van der Waals surface area contributed by atoms with Crippen molar-refractivity contribution in [3.8, 4) is 51.7 Å². The lowest BCUT2D eigenvalue weighted by atomic mass is 9.86. The van der Waals surface area contributed by atoms with Gasteiger partial charge in [-0.25, -0.2) is 14.4 Å². The first-order valence-corrected chi connectivity index (χ1v) is 29.1. The zero-order valence-electron chi connectivity index (χ0n) is 55.2. The number of likely N-dealkylation sites (N-methyl/N-ethyl adjacent to an activating group) is 3. The van der Waals surface area contributed by atoms with Crippen LogP contribution >= 0.6 is 0 Å². The van der Waals surface area contributed by atoms with Gasteiger partial charge in [-0.1, -0.05) is 112 Å². The molecule has 6 rings (SSSR count). The molecule has 0 saturated carbocycles. The summed E-state index contributed by atoms with van der Waals surface area (Å²) in [5, 5.41) is 3.31. The largest absolute Gasteiger partial charge is 0.493 e. The van der Waals surface area contributed by atoms with Crippen LogP contribution in [0.25, 0.3) is 0 Å². The van der Waals surface area contributed by atoms with Gasteiger partial charge in [0.1, 0.15) is 32.0 Å². The molecule has 0 fully saturated rings. The highest BCUT2D eigenvalue weighted by molar-refractivity contribution is 5.92. The minimum Gasteiger partial charge on any atom is -0.493 e. The van der Waals surface area contributed by atoms with Gasteiger partial charge in [0.15, 0.2) is 34.5 Å². The van der Waals surface area contributed by atoms with Gasteiger partial charge in [-0.15, -0.1) is 0 Å². The maximum absolute atomic E-state index is 13.0. The Bertz CT molecular complexity index is 3110. The Kier molecular flexibility index (Phi) is 30.0. The number of ether oxygens (including phenoxy) is 14. The lowest BCUT2D eigenvalue weighted by molar-refractivity contribution is -0.142. The van der Waals surface area contributed by atoms with E-state index in [0.717, 1.165) is 29.5 Å². The Morgan fingerprint density at radius 3 is 1.02 bits per heavy atom. The van der Waals surface area contributed by atoms with Crippen LogP contribution in [0.15, 0.2) is 127 Å². The molecule has 0 aliphatic heterocycles. The fourth-order valence-electron chi connectivity index (χ4n) is 10.3. The summed E-state index contributed by atoms with van der Waals surface area (Å²) in [6.07, 6.45) is 2.03. The van der Waals surface area contributed by atoms with Crippen LogP contribution in [-0.4, -0.2) is 173 Å². The molecule has 490 valence electrons. The minimum absolute atomic E-state index is 0.0467. The van der Waals surface area contributed by atoms with Gasteiger partial charge in [0.05, 0.1) is 98.4 Å². The molecule has 0 aliphatic carbocycles. The van der Waals surface area contributed by atoms with Gasteiger partial charge in [-0.3, -0.25) is 9.69 Å². The summed E-state index contributed by atoms with van der Waals surface area (Å²) >= 11 is 0. The molecule has 90 heavy (non-hydrogen) atoms. The number of carbonyl (C=O) groups is 4. The third-order valence-electron chi connectivity index (χ3n) is 15.9. The van der Waals surface area contributed by atoms with Crippen molar-refractivity contribution >= 4 is 23.8 Å². The van der Waals surface area contributed by atoms with E-state index in [-0.39, 0.29) is 37.9 Å². The molecule has 21 heteroatoms. The van der Waals surface area contributed by atoms with E-state index in [0.29, 0.717) is 82.4 Å². The molecule has 0 aliphatic rings. The van der Waals surface area contributed by atoms with Crippen LogP contribution < -0.4 is 47.9 Å². The first-order valence-electron chi connectivity index (χ1n) is 29.1. The highest BCUT2D eigenvalue weighted by Gasteiger charge is 2.40. The van der Waals surface area contributed by atoms with Crippen molar-refractivity contribution in [3.63, 3.8) is 0 Å². The summed E-state index contributed by atoms with van der Waals surface area (Å²) in [4.78, 5) is 55.1. The minimum atomic E-state index is -0.868. The van der Waals surface area contributed by atoms with E-state index in [1.807, 2.05) is 99.9 Å². The molecule has 1 amide bonds. The molecule has 0 bridgehead atoms. The number of amides is 1. The molecular weight excluding hydrogens is 1160 g/mol.